The van der Waals surface area contributed by atoms with Gasteiger partial charge in [-0.2, -0.15) is 0 Å². The summed E-state index contributed by atoms with van der Waals surface area (Å²) in [7, 11) is 0. The van der Waals surface area contributed by atoms with Gasteiger partial charge in [0.2, 0.25) is 0 Å². The first-order valence-electron chi connectivity index (χ1n) is 5.68. The predicted octanol–water partition coefficient (Wildman–Crippen LogP) is 3.16. The van der Waals surface area contributed by atoms with Gasteiger partial charge in [0.25, 0.3) is 5.69 Å². The fourth-order valence-electron chi connectivity index (χ4n) is 1.87. The van der Waals surface area contributed by atoms with E-state index in [4.69, 9.17) is 5.73 Å². The Labute approximate surface area is 117 Å². The Morgan fingerprint density at radius 2 is 2.05 bits per heavy atom. The lowest BCUT2D eigenvalue weighted by atomic mass is 10.2. The van der Waals surface area contributed by atoms with Crippen LogP contribution in [0.4, 0.5) is 11.4 Å². The third-order valence-corrected chi connectivity index (χ3v) is 3.91. The molecule has 3 rings (SSSR count). The number of rotatable bonds is 2. The molecule has 100 valence electrons. The molecule has 3 N–H and O–H groups in total. The topological polar surface area (TPSA) is 102 Å². The molecule has 0 amide bonds. The minimum absolute atomic E-state index is 0.123. The van der Waals surface area contributed by atoms with Crippen LogP contribution in [0.5, 0.6) is 5.75 Å². The molecule has 0 atom stereocenters. The van der Waals surface area contributed by atoms with E-state index in [2.05, 4.69) is 4.98 Å². The van der Waals surface area contributed by atoms with Crippen molar-refractivity contribution in [3.63, 3.8) is 0 Å². The highest BCUT2D eigenvalue weighted by molar-refractivity contribution is 7.21. The number of nitro benzene ring substituents is 1. The van der Waals surface area contributed by atoms with Crippen molar-refractivity contribution in [1.29, 1.82) is 0 Å². The smallest absolute Gasteiger partial charge is 0.292 e. The largest absolute Gasteiger partial charge is 0.508 e. The molecule has 0 saturated carbocycles. The Kier molecular flexibility index (Phi) is 2.76. The second-order valence-corrected chi connectivity index (χ2v) is 5.23. The van der Waals surface area contributed by atoms with E-state index in [0.29, 0.717) is 10.6 Å². The Balaban J connectivity index is 2.15. The van der Waals surface area contributed by atoms with E-state index < -0.39 is 4.92 Å². The van der Waals surface area contributed by atoms with Crippen molar-refractivity contribution >= 4 is 32.9 Å². The van der Waals surface area contributed by atoms with E-state index in [-0.39, 0.29) is 17.1 Å². The van der Waals surface area contributed by atoms with Gasteiger partial charge in [0.1, 0.15) is 16.4 Å². The second-order valence-electron chi connectivity index (χ2n) is 4.20. The van der Waals surface area contributed by atoms with Crippen LogP contribution in [0.3, 0.4) is 0 Å². The number of thiazole rings is 1. The summed E-state index contributed by atoms with van der Waals surface area (Å²) >= 11 is 1.36. The first-order chi connectivity index (χ1) is 9.54. The van der Waals surface area contributed by atoms with Crippen LogP contribution >= 0.6 is 11.3 Å². The zero-order valence-corrected chi connectivity index (χ0v) is 10.9. The Bertz CT molecular complexity index is 829. The summed E-state index contributed by atoms with van der Waals surface area (Å²) in [5.41, 5.74) is 6.93. The molecule has 1 aromatic heterocycles. The normalized spacial score (nSPS) is 10.8. The van der Waals surface area contributed by atoms with Crippen molar-refractivity contribution in [3.05, 3.63) is 46.5 Å². The van der Waals surface area contributed by atoms with Crippen molar-refractivity contribution in [3.8, 4) is 16.3 Å². The summed E-state index contributed by atoms with van der Waals surface area (Å²) in [5.74, 6) is 0.163. The molecule has 0 aliphatic heterocycles. The highest BCUT2D eigenvalue weighted by Gasteiger charge is 2.15. The van der Waals surface area contributed by atoms with E-state index in [9.17, 15) is 15.2 Å². The number of fused-ring (bicyclic) bond motifs is 1. The summed E-state index contributed by atoms with van der Waals surface area (Å²) in [6, 6.07) is 9.47. The number of nitro groups is 1. The van der Waals surface area contributed by atoms with Gasteiger partial charge in [-0.15, -0.1) is 11.3 Å². The summed E-state index contributed by atoms with van der Waals surface area (Å²) in [5, 5.41) is 21.0. The molecule has 20 heavy (non-hydrogen) atoms. The molecule has 0 saturated heterocycles. The Hall–Kier alpha value is -2.67. The van der Waals surface area contributed by atoms with Crippen LogP contribution < -0.4 is 5.73 Å². The fourth-order valence-corrected chi connectivity index (χ4v) is 2.87. The third-order valence-electron chi connectivity index (χ3n) is 2.85. The number of phenolic OH excluding ortho intramolecular Hbond substituents is 1. The molecule has 0 aliphatic rings. The maximum absolute atomic E-state index is 10.9. The summed E-state index contributed by atoms with van der Waals surface area (Å²) in [6.45, 7) is 0. The van der Waals surface area contributed by atoms with E-state index in [1.165, 1.54) is 23.5 Å². The van der Waals surface area contributed by atoms with Crippen molar-refractivity contribution < 1.29 is 10.0 Å². The van der Waals surface area contributed by atoms with Gasteiger partial charge < -0.3 is 10.8 Å². The number of aromatic hydroxyl groups is 1. The number of anilines is 1. The van der Waals surface area contributed by atoms with Crippen LogP contribution in [-0.4, -0.2) is 15.0 Å². The van der Waals surface area contributed by atoms with Crippen molar-refractivity contribution in [2.45, 2.75) is 0 Å². The van der Waals surface area contributed by atoms with Gasteiger partial charge in [-0.25, -0.2) is 4.98 Å². The van der Waals surface area contributed by atoms with Crippen molar-refractivity contribution in [1.82, 2.24) is 4.98 Å². The van der Waals surface area contributed by atoms with Gasteiger partial charge in [0, 0.05) is 11.6 Å². The van der Waals surface area contributed by atoms with Gasteiger partial charge in [0.05, 0.1) is 15.1 Å². The van der Waals surface area contributed by atoms with E-state index in [0.717, 1.165) is 10.2 Å². The first-order valence-corrected chi connectivity index (χ1v) is 6.50. The van der Waals surface area contributed by atoms with Crippen LogP contribution in [0.15, 0.2) is 36.4 Å². The summed E-state index contributed by atoms with van der Waals surface area (Å²) in [6.07, 6.45) is 0. The molecule has 2 aromatic carbocycles. The number of nitrogens with two attached hydrogens (primary N) is 1. The maximum Gasteiger partial charge on any atom is 0.292 e. The highest BCUT2D eigenvalue weighted by Crippen LogP contribution is 2.34. The van der Waals surface area contributed by atoms with Crippen molar-refractivity contribution in [2.75, 3.05) is 5.73 Å². The quantitative estimate of drug-likeness (QED) is 0.428. The van der Waals surface area contributed by atoms with Gasteiger partial charge >= 0.3 is 0 Å². The zero-order chi connectivity index (χ0) is 14.3. The lowest BCUT2D eigenvalue weighted by molar-refractivity contribution is -0.383. The number of aromatic nitrogens is 1. The fraction of sp³-hybridized carbons (Fsp3) is 0. The molecule has 0 aliphatic carbocycles. The summed E-state index contributed by atoms with van der Waals surface area (Å²) in [4.78, 5) is 14.8. The molecule has 0 bridgehead atoms. The van der Waals surface area contributed by atoms with Gasteiger partial charge in [0.15, 0.2) is 0 Å². The minimum atomic E-state index is -0.516. The predicted molar refractivity (Wildman–Crippen MR) is 77.8 cm³/mol. The van der Waals surface area contributed by atoms with Crippen LogP contribution in [-0.2, 0) is 0 Å². The molecular weight excluding hydrogens is 278 g/mol. The van der Waals surface area contributed by atoms with Crippen molar-refractivity contribution in [2.24, 2.45) is 0 Å². The number of benzene rings is 2. The average Bonchev–Trinajstić information content (AvgIpc) is 2.81. The summed E-state index contributed by atoms with van der Waals surface area (Å²) < 4.78 is 0.819. The molecular formula is C13H9N3O3S. The van der Waals surface area contributed by atoms with Crippen LogP contribution in [0, 0.1) is 10.1 Å². The SMILES string of the molecule is Nc1ccc(-c2nc3ccc(O)cc3s2)cc1[N+](=O)[O-]. The number of phenols is 1. The lowest BCUT2D eigenvalue weighted by Gasteiger charge is -1.99. The molecule has 0 fully saturated rings. The molecule has 1 heterocycles. The monoisotopic (exact) mass is 287 g/mol. The third kappa shape index (κ3) is 2.04. The molecule has 3 aromatic rings. The molecule has 0 unspecified atom stereocenters. The van der Waals surface area contributed by atoms with Gasteiger partial charge in [-0.3, -0.25) is 10.1 Å². The average molecular weight is 287 g/mol. The zero-order valence-electron chi connectivity index (χ0n) is 10.1. The van der Waals surface area contributed by atoms with Crippen LogP contribution in [0.2, 0.25) is 0 Å². The van der Waals surface area contributed by atoms with E-state index in [1.807, 2.05) is 0 Å². The number of hydrogen-bond acceptors (Lipinski definition) is 6. The molecule has 0 radical (unpaired) electrons. The Morgan fingerprint density at radius 3 is 2.80 bits per heavy atom. The molecule has 0 spiro atoms. The lowest BCUT2D eigenvalue weighted by Crippen LogP contribution is -1.95. The first kappa shape index (κ1) is 12.4. The van der Waals surface area contributed by atoms with Crippen LogP contribution in [0.25, 0.3) is 20.8 Å². The maximum atomic E-state index is 10.9. The van der Waals surface area contributed by atoms with Crippen LogP contribution in [0.1, 0.15) is 0 Å². The second kappa shape index (κ2) is 4.46. The number of nitrogens with zero attached hydrogens (tertiary/aromatic N) is 2. The number of hydrogen-bond donors (Lipinski definition) is 2. The van der Waals surface area contributed by atoms with E-state index in [1.54, 1.807) is 24.3 Å². The molecule has 7 heteroatoms. The minimum Gasteiger partial charge on any atom is -0.508 e. The Morgan fingerprint density at radius 1 is 1.25 bits per heavy atom. The standard InChI is InChI=1S/C13H9N3O3S/c14-9-3-1-7(5-11(9)16(18)19)13-15-10-4-2-8(17)6-12(10)20-13/h1-6,17H,14H2. The van der Waals surface area contributed by atoms with Gasteiger partial charge in [-0.05, 0) is 30.3 Å². The molecule has 6 nitrogen and oxygen atoms in total. The highest BCUT2D eigenvalue weighted by atomic mass is 32.1. The number of nitrogen functional groups attached to an aromatic ring is 1. The van der Waals surface area contributed by atoms with E-state index >= 15 is 0 Å². The van der Waals surface area contributed by atoms with Gasteiger partial charge in [-0.1, -0.05) is 0 Å².